The molecule has 0 aromatic heterocycles. The summed E-state index contributed by atoms with van der Waals surface area (Å²) in [6, 6.07) is -0.963. The molecule has 1 atom stereocenters. The van der Waals surface area contributed by atoms with E-state index in [-0.39, 0.29) is 5.92 Å². The molecule has 0 aromatic carbocycles. The highest BCUT2D eigenvalue weighted by atomic mass is 16.4. The van der Waals surface area contributed by atoms with Crippen LogP contribution in [0.2, 0.25) is 0 Å². The van der Waals surface area contributed by atoms with Crippen molar-refractivity contribution in [3.8, 4) is 0 Å². The van der Waals surface area contributed by atoms with Gasteiger partial charge in [0.2, 0.25) is 0 Å². The number of aliphatic carboxylic acids is 1. The Morgan fingerprint density at radius 1 is 1.62 bits per heavy atom. The molecule has 0 aliphatic heterocycles. The molecule has 0 rings (SSSR count). The highest BCUT2D eigenvalue weighted by molar-refractivity contribution is 5.73. The zero-order chi connectivity index (χ0) is 6.73. The van der Waals surface area contributed by atoms with E-state index in [0.717, 1.165) is 0 Å². The number of hydrogen-bond donors (Lipinski definition) is 1. The molecule has 0 aliphatic rings. The summed E-state index contributed by atoms with van der Waals surface area (Å²) in [6.45, 7) is 3.43. The van der Waals surface area contributed by atoms with Crippen LogP contribution in [0.5, 0.6) is 0 Å². The van der Waals surface area contributed by atoms with E-state index in [2.05, 4.69) is 0 Å². The van der Waals surface area contributed by atoms with Crippen LogP contribution in [0, 0.1) is 5.92 Å². The number of carbonyl (C=O) groups is 1. The minimum atomic E-state index is -1.04. The first-order chi connectivity index (χ1) is 3.55. The minimum Gasteiger partial charge on any atom is -0.480 e. The summed E-state index contributed by atoms with van der Waals surface area (Å²) in [7, 11) is 0. The summed E-state index contributed by atoms with van der Waals surface area (Å²) in [4.78, 5) is 9.95. The molecule has 0 spiro atoms. The van der Waals surface area contributed by atoms with E-state index in [0.29, 0.717) is 0 Å². The number of nitrogens with one attached hydrogen (secondary N) is 1. The highest BCUT2D eigenvalue weighted by Crippen LogP contribution is 1.98. The Morgan fingerprint density at radius 3 is 2.00 bits per heavy atom. The Balaban J connectivity index is 3.64. The van der Waals surface area contributed by atoms with Crippen LogP contribution in [0.3, 0.4) is 0 Å². The van der Waals surface area contributed by atoms with Crippen LogP contribution in [-0.2, 0) is 4.79 Å². The Labute approximate surface area is 48.5 Å². The first-order valence-corrected chi connectivity index (χ1v) is 2.49. The zero-order valence-corrected chi connectivity index (χ0v) is 5.01. The molecule has 3 heteroatoms. The second-order valence-corrected chi connectivity index (χ2v) is 2.06. The van der Waals surface area contributed by atoms with E-state index in [1.54, 1.807) is 13.8 Å². The summed E-state index contributed by atoms with van der Waals surface area (Å²) in [5.74, 6) is -1.13. The Kier molecular flexibility index (Phi) is 2.48. The minimum absolute atomic E-state index is 0.0903. The summed E-state index contributed by atoms with van der Waals surface area (Å²) < 4.78 is 0. The van der Waals surface area contributed by atoms with Crippen LogP contribution in [-0.4, -0.2) is 17.1 Å². The average molecular weight is 116 g/mol. The van der Waals surface area contributed by atoms with E-state index in [9.17, 15) is 4.79 Å². The van der Waals surface area contributed by atoms with E-state index < -0.39 is 12.0 Å². The first-order valence-electron chi connectivity index (χ1n) is 2.49. The Hall–Kier alpha value is -0.570. The second-order valence-electron chi connectivity index (χ2n) is 2.06. The molecule has 0 heterocycles. The molecule has 0 amide bonds. The van der Waals surface area contributed by atoms with Gasteiger partial charge >= 0.3 is 5.97 Å². The molecular weight excluding hydrogens is 106 g/mol. The number of hydrogen-bond acceptors (Lipinski definition) is 1. The summed E-state index contributed by atoms with van der Waals surface area (Å²) in [5.41, 5.74) is 6.88. The molecule has 2 N–H and O–H groups in total. The van der Waals surface area contributed by atoms with Gasteiger partial charge in [-0.1, -0.05) is 13.8 Å². The lowest BCUT2D eigenvalue weighted by molar-refractivity contribution is -0.139. The van der Waals surface area contributed by atoms with Crippen LogP contribution in [0.4, 0.5) is 0 Å². The smallest absolute Gasteiger partial charge is 0.322 e. The van der Waals surface area contributed by atoms with Crippen LogP contribution in [0.1, 0.15) is 13.8 Å². The molecule has 0 bridgehead atoms. The van der Waals surface area contributed by atoms with Gasteiger partial charge in [0.15, 0.2) is 0 Å². The fraction of sp³-hybridized carbons (Fsp3) is 0.800. The molecule has 0 unspecified atom stereocenters. The number of carboxylic acid groups (broad SMARTS) is 1. The van der Waals surface area contributed by atoms with Gasteiger partial charge in [-0.15, -0.1) is 0 Å². The highest BCUT2D eigenvalue weighted by Gasteiger charge is 2.15. The lowest BCUT2D eigenvalue weighted by Crippen LogP contribution is -2.26. The van der Waals surface area contributed by atoms with Gasteiger partial charge in [0.05, 0.1) is 0 Å². The predicted molar refractivity (Wildman–Crippen MR) is 29.4 cm³/mol. The van der Waals surface area contributed by atoms with Crippen molar-refractivity contribution in [2.24, 2.45) is 5.92 Å². The lowest BCUT2D eigenvalue weighted by Gasteiger charge is -2.06. The molecule has 0 aliphatic carbocycles. The quantitative estimate of drug-likeness (QED) is 0.566. The largest absolute Gasteiger partial charge is 0.480 e. The molecular formula is C5H10NO2. The van der Waals surface area contributed by atoms with Crippen molar-refractivity contribution in [2.75, 3.05) is 0 Å². The molecule has 0 saturated carbocycles. The molecule has 47 valence electrons. The lowest BCUT2D eigenvalue weighted by atomic mass is 10.1. The fourth-order valence-corrected chi connectivity index (χ4v) is 0.285. The molecule has 1 radical (unpaired) electrons. The van der Waals surface area contributed by atoms with Crippen LogP contribution in [0.25, 0.3) is 0 Å². The van der Waals surface area contributed by atoms with Crippen molar-refractivity contribution < 1.29 is 9.90 Å². The topological polar surface area (TPSA) is 61.1 Å². The van der Waals surface area contributed by atoms with Crippen molar-refractivity contribution in [3.05, 3.63) is 0 Å². The second kappa shape index (κ2) is 2.67. The average Bonchev–Trinajstić information content (AvgIpc) is 1.64. The van der Waals surface area contributed by atoms with E-state index in [1.807, 2.05) is 0 Å². The number of carboxylic acids is 1. The normalized spacial score (nSPS) is 14.0. The zero-order valence-electron chi connectivity index (χ0n) is 5.01. The third-order valence-corrected chi connectivity index (χ3v) is 0.933. The van der Waals surface area contributed by atoms with Crippen LogP contribution < -0.4 is 5.73 Å². The van der Waals surface area contributed by atoms with Crippen molar-refractivity contribution in [3.63, 3.8) is 0 Å². The van der Waals surface area contributed by atoms with Gasteiger partial charge in [0, 0.05) is 0 Å². The van der Waals surface area contributed by atoms with Gasteiger partial charge in [-0.3, -0.25) is 4.79 Å². The maximum absolute atomic E-state index is 9.95. The number of rotatable bonds is 2. The molecule has 0 aromatic rings. The predicted octanol–water partition coefficient (Wildman–Crippen LogP) is 0.378. The third-order valence-electron chi connectivity index (χ3n) is 0.933. The van der Waals surface area contributed by atoms with E-state index >= 15 is 0 Å². The Bertz CT molecular complexity index is 90.4. The van der Waals surface area contributed by atoms with Gasteiger partial charge in [0.1, 0.15) is 6.04 Å². The monoisotopic (exact) mass is 116 g/mol. The van der Waals surface area contributed by atoms with Gasteiger partial charge in [-0.25, -0.2) is 5.73 Å². The first kappa shape index (κ1) is 7.43. The van der Waals surface area contributed by atoms with Crippen molar-refractivity contribution in [1.82, 2.24) is 5.73 Å². The fourth-order valence-electron chi connectivity index (χ4n) is 0.285. The van der Waals surface area contributed by atoms with Gasteiger partial charge in [0.25, 0.3) is 0 Å². The van der Waals surface area contributed by atoms with Gasteiger partial charge in [-0.2, -0.15) is 0 Å². The summed E-state index contributed by atoms with van der Waals surface area (Å²) in [6.07, 6.45) is 0. The van der Waals surface area contributed by atoms with Crippen molar-refractivity contribution in [1.29, 1.82) is 0 Å². The Morgan fingerprint density at radius 2 is 2.00 bits per heavy atom. The van der Waals surface area contributed by atoms with Gasteiger partial charge in [-0.05, 0) is 5.92 Å². The standard InChI is InChI=1S/C5H10NO2/c1-3(2)4(6)5(7)8/h3-4,6H,1-2H3,(H,7,8)/t4-/m0/s1. The van der Waals surface area contributed by atoms with Crippen molar-refractivity contribution in [2.45, 2.75) is 19.9 Å². The molecule has 0 saturated heterocycles. The van der Waals surface area contributed by atoms with E-state index in [1.165, 1.54) is 0 Å². The summed E-state index contributed by atoms with van der Waals surface area (Å²) >= 11 is 0. The summed E-state index contributed by atoms with van der Waals surface area (Å²) in [5, 5.41) is 8.16. The SMILES string of the molecule is CC(C)[C@H]([NH])C(=O)O. The molecule has 3 nitrogen and oxygen atoms in total. The molecule has 0 fully saturated rings. The third kappa shape index (κ3) is 1.93. The van der Waals surface area contributed by atoms with Crippen LogP contribution in [0.15, 0.2) is 0 Å². The van der Waals surface area contributed by atoms with E-state index in [4.69, 9.17) is 10.8 Å². The van der Waals surface area contributed by atoms with Crippen LogP contribution >= 0.6 is 0 Å². The molecule has 8 heavy (non-hydrogen) atoms. The van der Waals surface area contributed by atoms with Gasteiger partial charge < -0.3 is 5.11 Å². The van der Waals surface area contributed by atoms with Crippen molar-refractivity contribution >= 4 is 5.97 Å². The maximum Gasteiger partial charge on any atom is 0.322 e. The maximum atomic E-state index is 9.95.